The summed E-state index contributed by atoms with van der Waals surface area (Å²) in [6.07, 6.45) is 6.95. The van der Waals surface area contributed by atoms with Crippen LogP contribution < -0.4 is 0 Å². The van der Waals surface area contributed by atoms with Crippen molar-refractivity contribution in [2.45, 2.75) is 40.5 Å². The lowest BCUT2D eigenvalue weighted by Crippen LogP contribution is -1.85. The van der Waals surface area contributed by atoms with Crippen molar-refractivity contribution in [1.82, 2.24) is 0 Å². The zero-order chi connectivity index (χ0) is 11.5. The molecule has 0 aromatic heterocycles. The third kappa shape index (κ3) is 10.1. The van der Waals surface area contributed by atoms with Crippen molar-refractivity contribution in [3.8, 4) is 0 Å². The second-order valence-corrected chi connectivity index (χ2v) is 4.22. The van der Waals surface area contributed by atoms with Gasteiger partial charge in [-0.3, -0.25) is 0 Å². The largest absolute Gasteiger partial charge is 0.337 e. The van der Waals surface area contributed by atoms with Gasteiger partial charge in [-0.25, -0.2) is 0 Å². The van der Waals surface area contributed by atoms with Crippen molar-refractivity contribution < 1.29 is 9.05 Å². The molecule has 0 spiro atoms. The molecule has 0 saturated carbocycles. The molecule has 0 atom stereocenters. The highest BCUT2D eigenvalue weighted by Gasteiger charge is 1.95. The third-order valence-corrected chi connectivity index (χ3v) is 2.79. The summed E-state index contributed by atoms with van der Waals surface area (Å²) >= 11 is 0. The minimum atomic E-state index is 0.232. The summed E-state index contributed by atoms with van der Waals surface area (Å²) in [5.41, 5.74) is 3.02. The van der Waals surface area contributed by atoms with E-state index >= 15 is 0 Å². The Hall–Kier alpha value is -0.170. The molecule has 0 amide bonds. The average molecular weight is 230 g/mol. The molecule has 0 fully saturated rings. The Balaban J connectivity index is 0.000000265. The SMILES string of the molecule is CC1=CC=C(C)CC1.CCOPOCC. The van der Waals surface area contributed by atoms with Crippen LogP contribution in [0.1, 0.15) is 40.5 Å². The topological polar surface area (TPSA) is 18.5 Å². The predicted octanol–water partition coefficient (Wildman–Crippen LogP) is 4.24. The molecular weight excluding hydrogens is 207 g/mol. The van der Waals surface area contributed by atoms with Gasteiger partial charge in [-0.1, -0.05) is 23.3 Å². The maximum atomic E-state index is 4.88. The first kappa shape index (κ1) is 14.8. The summed E-state index contributed by atoms with van der Waals surface area (Å²) in [7, 11) is 0.232. The minimum absolute atomic E-state index is 0.232. The molecule has 1 aliphatic rings. The molecular formula is C12H23O2P. The molecule has 1 aliphatic carbocycles. The smallest absolute Gasteiger partial charge is 0.155 e. The van der Waals surface area contributed by atoms with Crippen LogP contribution in [0.4, 0.5) is 0 Å². The molecule has 15 heavy (non-hydrogen) atoms. The predicted molar refractivity (Wildman–Crippen MR) is 68.3 cm³/mol. The van der Waals surface area contributed by atoms with E-state index in [2.05, 4.69) is 26.0 Å². The van der Waals surface area contributed by atoms with E-state index in [9.17, 15) is 0 Å². The van der Waals surface area contributed by atoms with Crippen molar-refractivity contribution in [2.75, 3.05) is 13.2 Å². The Kier molecular flexibility index (Phi) is 10.2. The lowest BCUT2D eigenvalue weighted by Gasteiger charge is -2.05. The number of hydrogen-bond donors (Lipinski definition) is 0. The van der Waals surface area contributed by atoms with Crippen molar-refractivity contribution in [3.63, 3.8) is 0 Å². The van der Waals surface area contributed by atoms with E-state index in [4.69, 9.17) is 9.05 Å². The van der Waals surface area contributed by atoms with E-state index in [0.29, 0.717) is 0 Å². The maximum absolute atomic E-state index is 4.88. The van der Waals surface area contributed by atoms with Crippen LogP contribution in [-0.2, 0) is 9.05 Å². The summed E-state index contributed by atoms with van der Waals surface area (Å²) in [6, 6.07) is 0. The van der Waals surface area contributed by atoms with Crippen LogP contribution in [-0.4, -0.2) is 13.2 Å². The lowest BCUT2D eigenvalue weighted by atomic mass is 10.0. The van der Waals surface area contributed by atoms with Gasteiger partial charge in [0.2, 0.25) is 0 Å². The normalized spacial score (nSPS) is 14.9. The van der Waals surface area contributed by atoms with E-state index < -0.39 is 0 Å². The molecule has 0 radical (unpaired) electrons. The van der Waals surface area contributed by atoms with Crippen LogP contribution >= 0.6 is 9.03 Å². The van der Waals surface area contributed by atoms with Crippen LogP contribution in [0.25, 0.3) is 0 Å². The number of allylic oxidation sites excluding steroid dienone is 4. The highest BCUT2D eigenvalue weighted by Crippen LogP contribution is 2.16. The van der Waals surface area contributed by atoms with Crippen LogP contribution in [0.2, 0.25) is 0 Å². The zero-order valence-corrected chi connectivity index (χ0v) is 11.3. The molecule has 0 aliphatic heterocycles. The minimum Gasteiger partial charge on any atom is -0.337 e. The Morgan fingerprint density at radius 2 is 1.40 bits per heavy atom. The molecule has 0 aromatic rings. The lowest BCUT2D eigenvalue weighted by molar-refractivity contribution is 0.288. The molecule has 0 N–H and O–H groups in total. The average Bonchev–Trinajstić information content (AvgIpc) is 2.24. The molecule has 0 aromatic carbocycles. The van der Waals surface area contributed by atoms with Crippen molar-refractivity contribution in [1.29, 1.82) is 0 Å². The van der Waals surface area contributed by atoms with Gasteiger partial charge in [0, 0.05) is 0 Å². The second-order valence-electron chi connectivity index (χ2n) is 3.48. The first-order chi connectivity index (χ1) is 7.20. The second kappa shape index (κ2) is 10.4. The zero-order valence-electron chi connectivity index (χ0n) is 10.3. The van der Waals surface area contributed by atoms with Crippen LogP contribution in [0.3, 0.4) is 0 Å². The first-order valence-electron chi connectivity index (χ1n) is 5.52. The van der Waals surface area contributed by atoms with Crippen molar-refractivity contribution >= 4 is 9.03 Å². The summed E-state index contributed by atoms with van der Waals surface area (Å²) < 4.78 is 9.76. The van der Waals surface area contributed by atoms with E-state index in [-0.39, 0.29) is 9.03 Å². The maximum Gasteiger partial charge on any atom is 0.155 e. The van der Waals surface area contributed by atoms with Crippen molar-refractivity contribution in [3.05, 3.63) is 23.3 Å². The van der Waals surface area contributed by atoms with Crippen molar-refractivity contribution in [2.24, 2.45) is 0 Å². The van der Waals surface area contributed by atoms with Gasteiger partial charge in [-0.15, -0.1) is 0 Å². The van der Waals surface area contributed by atoms with Gasteiger partial charge >= 0.3 is 0 Å². The van der Waals surface area contributed by atoms with Gasteiger partial charge < -0.3 is 9.05 Å². The van der Waals surface area contributed by atoms with Gasteiger partial charge in [-0.2, -0.15) is 0 Å². The molecule has 0 heterocycles. The molecule has 0 saturated heterocycles. The Morgan fingerprint density at radius 3 is 1.67 bits per heavy atom. The van der Waals surface area contributed by atoms with Crippen LogP contribution in [0.5, 0.6) is 0 Å². The quantitative estimate of drug-likeness (QED) is 0.531. The number of hydrogen-bond acceptors (Lipinski definition) is 2. The fourth-order valence-electron chi connectivity index (χ4n) is 1.01. The van der Waals surface area contributed by atoms with E-state index in [1.165, 1.54) is 24.0 Å². The summed E-state index contributed by atoms with van der Waals surface area (Å²) in [5.74, 6) is 0. The van der Waals surface area contributed by atoms with E-state index in [1.807, 2.05) is 13.8 Å². The Bertz CT molecular complexity index is 188. The fourth-order valence-corrected chi connectivity index (χ4v) is 1.32. The van der Waals surface area contributed by atoms with Crippen LogP contribution in [0, 0.1) is 0 Å². The van der Waals surface area contributed by atoms with Gasteiger partial charge in [-0.05, 0) is 40.5 Å². The Labute approximate surface area is 95.7 Å². The third-order valence-electron chi connectivity index (χ3n) is 1.97. The molecule has 0 bridgehead atoms. The van der Waals surface area contributed by atoms with E-state index in [1.54, 1.807) is 0 Å². The van der Waals surface area contributed by atoms with Gasteiger partial charge in [0.05, 0.1) is 13.2 Å². The molecule has 88 valence electrons. The monoisotopic (exact) mass is 230 g/mol. The van der Waals surface area contributed by atoms with Gasteiger partial charge in [0.15, 0.2) is 9.03 Å². The fraction of sp³-hybridized carbons (Fsp3) is 0.667. The Morgan fingerprint density at radius 1 is 1.00 bits per heavy atom. The summed E-state index contributed by atoms with van der Waals surface area (Å²) in [4.78, 5) is 0. The highest BCUT2D eigenvalue weighted by molar-refractivity contribution is 7.26. The van der Waals surface area contributed by atoms with Gasteiger partial charge in [0.1, 0.15) is 0 Å². The number of rotatable bonds is 4. The highest BCUT2D eigenvalue weighted by atomic mass is 31.1. The van der Waals surface area contributed by atoms with Crippen LogP contribution in [0.15, 0.2) is 23.3 Å². The van der Waals surface area contributed by atoms with E-state index in [0.717, 1.165) is 13.2 Å². The summed E-state index contributed by atoms with van der Waals surface area (Å²) in [6.45, 7) is 9.76. The van der Waals surface area contributed by atoms with Gasteiger partial charge in [0.25, 0.3) is 0 Å². The summed E-state index contributed by atoms with van der Waals surface area (Å²) in [5, 5.41) is 0. The molecule has 2 nitrogen and oxygen atoms in total. The molecule has 0 unspecified atom stereocenters. The standard InChI is InChI=1S/C8H12.C4H11O2P/c1-7-3-5-8(2)6-4-7;1-3-5-7-6-4-2/h3,5H,4,6H2,1-2H3;7H,3-4H2,1-2H3. The molecule has 3 heteroatoms. The first-order valence-corrected chi connectivity index (χ1v) is 6.33. The molecule has 1 rings (SSSR count).